The van der Waals surface area contributed by atoms with Gasteiger partial charge in [-0.1, -0.05) is 25.1 Å². The second kappa shape index (κ2) is 7.51. The Bertz CT molecular complexity index is 256. The molecule has 0 radical (unpaired) electrons. The van der Waals surface area contributed by atoms with Gasteiger partial charge in [0.15, 0.2) is 0 Å². The van der Waals surface area contributed by atoms with Crippen LogP contribution in [0.25, 0.3) is 0 Å². The Morgan fingerprint density at radius 2 is 2.07 bits per heavy atom. The van der Waals surface area contributed by atoms with E-state index in [4.69, 9.17) is 4.74 Å². The van der Waals surface area contributed by atoms with Crippen molar-refractivity contribution in [2.75, 3.05) is 12.4 Å². The fraction of sp³-hybridized carbons (Fsp3) is 0.333. The highest BCUT2D eigenvalue weighted by Crippen LogP contribution is 2.16. The van der Waals surface area contributed by atoms with Gasteiger partial charge in [-0.25, -0.2) is 0 Å². The number of hydrogen-bond acceptors (Lipinski definition) is 2. The second-order valence-corrected chi connectivity index (χ2v) is 3.96. The first-order chi connectivity index (χ1) is 6.93. The standard InChI is InChI=1S/C12H16OS/c1-2-9-13-10-6-11-14-12-7-4-3-5-8-12/h3-8,10H,2,9,11H2,1H3. The van der Waals surface area contributed by atoms with E-state index in [2.05, 4.69) is 31.2 Å². The molecular weight excluding hydrogens is 192 g/mol. The average molecular weight is 208 g/mol. The normalized spacial score (nSPS) is 10.6. The monoisotopic (exact) mass is 208 g/mol. The van der Waals surface area contributed by atoms with Crippen molar-refractivity contribution >= 4 is 11.8 Å². The molecule has 0 N–H and O–H groups in total. The van der Waals surface area contributed by atoms with E-state index in [9.17, 15) is 0 Å². The van der Waals surface area contributed by atoms with Crippen LogP contribution in [-0.4, -0.2) is 12.4 Å². The van der Waals surface area contributed by atoms with Crippen molar-refractivity contribution < 1.29 is 4.74 Å². The minimum atomic E-state index is 0.812. The summed E-state index contributed by atoms with van der Waals surface area (Å²) in [5.41, 5.74) is 0. The Kier molecular flexibility index (Phi) is 6.00. The van der Waals surface area contributed by atoms with Gasteiger partial charge in [0, 0.05) is 10.6 Å². The number of thioether (sulfide) groups is 1. The van der Waals surface area contributed by atoms with E-state index < -0.39 is 0 Å². The van der Waals surface area contributed by atoms with Crippen LogP contribution in [0.5, 0.6) is 0 Å². The van der Waals surface area contributed by atoms with Crippen LogP contribution < -0.4 is 0 Å². The molecule has 1 aromatic rings. The third-order valence-corrected chi connectivity index (χ3v) is 2.57. The predicted octanol–water partition coefficient (Wildman–Crippen LogP) is 3.72. The largest absolute Gasteiger partial charge is 0.502 e. The van der Waals surface area contributed by atoms with Crippen LogP contribution in [-0.2, 0) is 4.74 Å². The molecule has 0 spiro atoms. The van der Waals surface area contributed by atoms with Crippen molar-refractivity contribution in [3.63, 3.8) is 0 Å². The number of ether oxygens (including phenoxy) is 1. The molecule has 0 amide bonds. The van der Waals surface area contributed by atoms with Gasteiger partial charge < -0.3 is 4.74 Å². The first-order valence-corrected chi connectivity index (χ1v) is 5.86. The topological polar surface area (TPSA) is 9.23 Å². The van der Waals surface area contributed by atoms with E-state index in [1.165, 1.54) is 4.90 Å². The van der Waals surface area contributed by atoms with Gasteiger partial charge in [-0.3, -0.25) is 0 Å². The van der Waals surface area contributed by atoms with Gasteiger partial charge in [0.05, 0.1) is 12.9 Å². The highest BCUT2D eigenvalue weighted by atomic mass is 32.2. The van der Waals surface area contributed by atoms with Crippen molar-refractivity contribution in [2.24, 2.45) is 0 Å². The highest BCUT2D eigenvalue weighted by molar-refractivity contribution is 7.99. The molecule has 0 bridgehead atoms. The average Bonchev–Trinajstić information content (AvgIpc) is 2.25. The van der Waals surface area contributed by atoms with Crippen LogP contribution >= 0.6 is 11.8 Å². The quantitative estimate of drug-likeness (QED) is 0.400. The maximum Gasteiger partial charge on any atom is 0.0870 e. The first-order valence-electron chi connectivity index (χ1n) is 4.88. The molecule has 0 saturated heterocycles. The zero-order valence-corrected chi connectivity index (χ0v) is 9.30. The van der Waals surface area contributed by atoms with E-state index in [0.29, 0.717) is 0 Å². The number of benzene rings is 1. The van der Waals surface area contributed by atoms with E-state index in [1.807, 2.05) is 23.9 Å². The third kappa shape index (κ3) is 4.97. The van der Waals surface area contributed by atoms with Crippen LogP contribution in [0.4, 0.5) is 0 Å². The van der Waals surface area contributed by atoms with Crippen molar-refractivity contribution in [3.05, 3.63) is 42.7 Å². The van der Waals surface area contributed by atoms with Gasteiger partial charge in [-0.2, -0.15) is 0 Å². The Balaban J connectivity index is 2.12. The zero-order valence-electron chi connectivity index (χ0n) is 8.48. The molecule has 0 heterocycles. The van der Waals surface area contributed by atoms with Gasteiger partial charge >= 0.3 is 0 Å². The van der Waals surface area contributed by atoms with Crippen molar-refractivity contribution in [1.29, 1.82) is 0 Å². The molecule has 0 aromatic heterocycles. The molecule has 1 rings (SSSR count). The Labute approximate surface area is 90.2 Å². The Hall–Kier alpha value is -0.890. The highest BCUT2D eigenvalue weighted by Gasteiger charge is 1.87. The smallest absolute Gasteiger partial charge is 0.0870 e. The summed E-state index contributed by atoms with van der Waals surface area (Å²) in [4.78, 5) is 1.30. The maximum atomic E-state index is 5.23. The predicted molar refractivity (Wildman–Crippen MR) is 62.5 cm³/mol. The lowest BCUT2D eigenvalue weighted by Gasteiger charge is -1.97. The summed E-state index contributed by atoms with van der Waals surface area (Å²) >= 11 is 1.81. The fourth-order valence-corrected chi connectivity index (χ4v) is 1.67. The number of hydrogen-bond donors (Lipinski definition) is 0. The minimum Gasteiger partial charge on any atom is -0.502 e. The molecule has 0 aliphatic heterocycles. The third-order valence-electron chi connectivity index (χ3n) is 1.60. The van der Waals surface area contributed by atoms with E-state index in [0.717, 1.165) is 18.8 Å². The SMILES string of the molecule is CCCOC=CCSc1ccccc1. The zero-order chi connectivity index (χ0) is 10.1. The second-order valence-electron chi connectivity index (χ2n) is 2.87. The summed E-state index contributed by atoms with van der Waals surface area (Å²) in [6.07, 6.45) is 4.91. The molecule has 1 aromatic carbocycles. The molecular formula is C12H16OS. The summed E-state index contributed by atoms with van der Waals surface area (Å²) in [5.74, 6) is 0.966. The molecule has 0 saturated carbocycles. The molecule has 0 fully saturated rings. The Morgan fingerprint density at radius 3 is 2.79 bits per heavy atom. The molecule has 0 unspecified atom stereocenters. The number of rotatable bonds is 6. The lowest BCUT2D eigenvalue weighted by Crippen LogP contribution is -1.82. The van der Waals surface area contributed by atoms with Crippen molar-refractivity contribution in [1.82, 2.24) is 0 Å². The van der Waals surface area contributed by atoms with E-state index >= 15 is 0 Å². The van der Waals surface area contributed by atoms with Crippen LogP contribution in [0, 0.1) is 0 Å². The van der Waals surface area contributed by atoms with Crippen molar-refractivity contribution in [2.45, 2.75) is 18.2 Å². The molecule has 76 valence electrons. The van der Waals surface area contributed by atoms with E-state index in [1.54, 1.807) is 6.26 Å². The van der Waals surface area contributed by atoms with Crippen LogP contribution in [0.3, 0.4) is 0 Å². The first kappa shape index (κ1) is 11.2. The van der Waals surface area contributed by atoms with Crippen LogP contribution in [0.1, 0.15) is 13.3 Å². The van der Waals surface area contributed by atoms with Gasteiger partial charge in [0.2, 0.25) is 0 Å². The molecule has 0 aliphatic rings. The van der Waals surface area contributed by atoms with Gasteiger partial charge in [-0.05, 0) is 24.6 Å². The van der Waals surface area contributed by atoms with Crippen LogP contribution in [0.15, 0.2) is 47.6 Å². The summed E-state index contributed by atoms with van der Waals surface area (Å²) in [6.45, 7) is 2.92. The summed E-state index contributed by atoms with van der Waals surface area (Å²) in [7, 11) is 0. The van der Waals surface area contributed by atoms with E-state index in [-0.39, 0.29) is 0 Å². The van der Waals surface area contributed by atoms with Gasteiger partial charge in [0.25, 0.3) is 0 Å². The maximum absolute atomic E-state index is 5.23. The lowest BCUT2D eigenvalue weighted by molar-refractivity contribution is 0.249. The molecule has 0 aliphatic carbocycles. The minimum absolute atomic E-state index is 0.812. The molecule has 14 heavy (non-hydrogen) atoms. The van der Waals surface area contributed by atoms with Gasteiger partial charge in [-0.15, -0.1) is 11.8 Å². The van der Waals surface area contributed by atoms with Gasteiger partial charge in [0.1, 0.15) is 0 Å². The van der Waals surface area contributed by atoms with Crippen LogP contribution in [0.2, 0.25) is 0 Å². The summed E-state index contributed by atoms with van der Waals surface area (Å²) in [5, 5.41) is 0. The van der Waals surface area contributed by atoms with Crippen molar-refractivity contribution in [3.8, 4) is 0 Å². The summed E-state index contributed by atoms with van der Waals surface area (Å²) in [6, 6.07) is 10.4. The fourth-order valence-electron chi connectivity index (χ4n) is 0.954. The lowest BCUT2D eigenvalue weighted by atomic mass is 10.4. The molecule has 1 nitrogen and oxygen atoms in total. The Morgan fingerprint density at radius 1 is 1.29 bits per heavy atom. The molecule has 0 atom stereocenters. The molecule has 2 heteroatoms. The summed E-state index contributed by atoms with van der Waals surface area (Å²) < 4.78 is 5.23.